The molecule has 1 atom stereocenters. The van der Waals surface area contributed by atoms with Gasteiger partial charge in [0.25, 0.3) is 0 Å². The summed E-state index contributed by atoms with van der Waals surface area (Å²) in [5.41, 5.74) is 4.84. The van der Waals surface area contributed by atoms with Crippen LogP contribution in [0, 0.1) is 12.3 Å². The molecule has 0 saturated carbocycles. The summed E-state index contributed by atoms with van der Waals surface area (Å²) in [6, 6.07) is 16.3. The van der Waals surface area contributed by atoms with Crippen molar-refractivity contribution in [3.05, 3.63) is 59.7 Å². The SMILES string of the molecule is C#CC(CCC)NC(=O)OCC1c2ccccc2-c2ccccc21. The number of carbonyl (C=O) groups excluding carboxylic acids is 1. The molecule has 1 aliphatic carbocycles. The Kier molecular flexibility index (Phi) is 4.86. The van der Waals surface area contributed by atoms with Crippen molar-refractivity contribution < 1.29 is 9.53 Å². The lowest BCUT2D eigenvalue weighted by molar-refractivity contribution is 0.141. The molecule has 0 saturated heterocycles. The third-order valence-corrected chi connectivity index (χ3v) is 4.41. The van der Waals surface area contributed by atoms with Crippen molar-refractivity contribution in [1.82, 2.24) is 5.32 Å². The number of amides is 1. The normalized spacial score (nSPS) is 13.5. The van der Waals surface area contributed by atoms with Crippen LogP contribution >= 0.6 is 0 Å². The van der Waals surface area contributed by atoms with E-state index in [1.807, 2.05) is 31.2 Å². The van der Waals surface area contributed by atoms with E-state index in [1.54, 1.807) is 0 Å². The highest BCUT2D eigenvalue weighted by molar-refractivity contribution is 5.79. The molecule has 3 heteroatoms. The van der Waals surface area contributed by atoms with Gasteiger partial charge in [-0.1, -0.05) is 67.8 Å². The Morgan fingerprint density at radius 2 is 1.75 bits per heavy atom. The molecule has 0 heterocycles. The Morgan fingerprint density at radius 1 is 1.17 bits per heavy atom. The number of benzene rings is 2. The monoisotopic (exact) mass is 319 g/mol. The maximum Gasteiger partial charge on any atom is 0.408 e. The lowest BCUT2D eigenvalue weighted by Gasteiger charge is -2.16. The number of fused-ring (bicyclic) bond motifs is 3. The second-order valence-electron chi connectivity index (χ2n) is 5.98. The summed E-state index contributed by atoms with van der Waals surface area (Å²) in [6.07, 6.45) is 6.65. The fourth-order valence-corrected chi connectivity index (χ4v) is 3.27. The summed E-state index contributed by atoms with van der Waals surface area (Å²) < 4.78 is 5.47. The second kappa shape index (κ2) is 7.23. The number of rotatable bonds is 5. The zero-order valence-electron chi connectivity index (χ0n) is 13.8. The molecule has 0 radical (unpaired) electrons. The van der Waals surface area contributed by atoms with Gasteiger partial charge in [-0.05, 0) is 28.7 Å². The van der Waals surface area contributed by atoms with Crippen molar-refractivity contribution in [1.29, 1.82) is 0 Å². The Balaban J connectivity index is 1.72. The molecule has 0 fully saturated rings. The van der Waals surface area contributed by atoms with Crippen LogP contribution in [0.1, 0.15) is 36.8 Å². The molecule has 0 aliphatic heterocycles. The molecule has 1 N–H and O–H groups in total. The summed E-state index contributed by atoms with van der Waals surface area (Å²) in [7, 11) is 0. The van der Waals surface area contributed by atoms with Crippen LogP contribution < -0.4 is 5.32 Å². The average Bonchev–Trinajstić information content (AvgIpc) is 2.93. The molecule has 2 aromatic carbocycles. The van der Waals surface area contributed by atoms with E-state index in [1.165, 1.54) is 22.3 Å². The maximum absolute atomic E-state index is 12.0. The van der Waals surface area contributed by atoms with Gasteiger partial charge < -0.3 is 10.1 Å². The largest absolute Gasteiger partial charge is 0.449 e. The first kappa shape index (κ1) is 16.1. The van der Waals surface area contributed by atoms with Crippen LogP contribution in [0.5, 0.6) is 0 Å². The number of hydrogen-bond acceptors (Lipinski definition) is 2. The van der Waals surface area contributed by atoms with Crippen molar-refractivity contribution >= 4 is 6.09 Å². The van der Waals surface area contributed by atoms with Gasteiger partial charge in [-0.25, -0.2) is 4.79 Å². The number of nitrogens with one attached hydrogen (secondary N) is 1. The summed E-state index contributed by atoms with van der Waals surface area (Å²) in [5, 5.41) is 2.74. The lowest BCUT2D eigenvalue weighted by atomic mass is 9.98. The molecule has 1 unspecified atom stereocenters. The first-order valence-corrected chi connectivity index (χ1v) is 8.32. The van der Waals surface area contributed by atoms with E-state index in [0.717, 1.165) is 12.8 Å². The van der Waals surface area contributed by atoms with Crippen molar-refractivity contribution in [2.45, 2.75) is 31.7 Å². The van der Waals surface area contributed by atoms with Crippen LogP contribution in [-0.2, 0) is 4.74 Å². The summed E-state index contributed by atoms with van der Waals surface area (Å²) in [5.74, 6) is 2.65. The Hall–Kier alpha value is -2.73. The quantitative estimate of drug-likeness (QED) is 0.833. The van der Waals surface area contributed by atoms with E-state index in [2.05, 4.69) is 35.5 Å². The van der Waals surface area contributed by atoms with E-state index in [-0.39, 0.29) is 12.0 Å². The minimum Gasteiger partial charge on any atom is -0.449 e. The number of terminal acetylenes is 1. The first-order valence-electron chi connectivity index (χ1n) is 8.32. The van der Waals surface area contributed by atoms with Crippen LogP contribution in [0.3, 0.4) is 0 Å². The molecule has 0 spiro atoms. The molecule has 1 amide bonds. The van der Waals surface area contributed by atoms with Crippen LogP contribution in [0.25, 0.3) is 11.1 Å². The zero-order chi connectivity index (χ0) is 16.9. The van der Waals surface area contributed by atoms with E-state index in [4.69, 9.17) is 11.2 Å². The van der Waals surface area contributed by atoms with Gasteiger partial charge in [0, 0.05) is 5.92 Å². The number of alkyl carbamates (subject to hydrolysis) is 1. The molecule has 3 nitrogen and oxygen atoms in total. The van der Waals surface area contributed by atoms with E-state index in [0.29, 0.717) is 6.61 Å². The van der Waals surface area contributed by atoms with Crippen molar-refractivity contribution in [2.75, 3.05) is 6.61 Å². The van der Waals surface area contributed by atoms with Crippen molar-refractivity contribution in [3.63, 3.8) is 0 Å². The molecule has 122 valence electrons. The van der Waals surface area contributed by atoms with Gasteiger partial charge in [0.15, 0.2) is 0 Å². The molecule has 0 aromatic heterocycles. The fourth-order valence-electron chi connectivity index (χ4n) is 3.27. The van der Waals surface area contributed by atoms with Crippen molar-refractivity contribution in [3.8, 4) is 23.5 Å². The van der Waals surface area contributed by atoms with E-state index in [9.17, 15) is 4.79 Å². The Bertz CT molecular complexity index is 730. The fraction of sp³-hybridized carbons (Fsp3) is 0.286. The van der Waals surface area contributed by atoms with Gasteiger partial charge in [-0.2, -0.15) is 0 Å². The molecule has 0 bridgehead atoms. The smallest absolute Gasteiger partial charge is 0.408 e. The Morgan fingerprint density at radius 3 is 2.29 bits per heavy atom. The van der Waals surface area contributed by atoms with Gasteiger partial charge in [0.1, 0.15) is 6.61 Å². The molecular formula is C21H21NO2. The maximum atomic E-state index is 12.0. The predicted molar refractivity (Wildman–Crippen MR) is 95.7 cm³/mol. The molecular weight excluding hydrogens is 298 g/mol. The minimum atomic E-state index is -0.451. The van der Waals surface area contributed by atoms with Gasteiger partial charge >= 0.3 is 6.09 Å². The highest BCUT2D eigenvalue weighted by Gasteiger charge is 2.29. The standard InChI is InChI=1S/C21H21NO2/c1-3-9-15(4-2)22-21(23)24-14-20-18-12-7-5-10-16(18)17-11-6-8-13-19(17)20/h2,5-8,10-13,15,20H,3,9,14H2,1H3,(H,22,23). The Labute approximate surface area is 143 Å². The predicted octanol–water partition coefficient (Wildman–Crippen LogP) is 4.33. The topological polar surface area (TPSA) is 38.3 Å². The van der Waals surface area contributed by atoms with E-state index < -0.39 is 6.09 Å². The molecule has 24 heavy (non-hydrogen) atoms. The highest BCUT2D eigenvalue weighted by atomic mass is 16.5. The first-order chi connectivity index (χ1) is 11.7. The third-order valence-electron chi connectivity index (χ3n) is 4.41. The summed E-state index contributed by atoms with van der Waals surface area (Å²) >= 11 is 0. The molecule has 1 aliphatic rings. The third kappa shape index (κ3) is 3.14. The van der Waals surface area contributed by atoms with Gasteiger partial charge in [-0.3, -0.25) is 0 Å². The van der Waals surface area contributed by atoms with Crippen molar-refractivity contribution in [2.24, 2.45) is 0 Å². The second-order valence-corrected chi connectivity index (χ2v) is 5.98. The van der Waals surface area contributed by atoms with Crippen LogP contribution in [0.4, 0.5) is 4.79 Å². The van der Waals surface area contributed by atoms with E-state index >= 15 is 0 Å². The molecule has 2 aromatic rings. The highest BCUT2D eigenvalue weighted by Crippen LogP contribution is 2.44. The van der Waals surface area contributed by atoms with Crippen LogP contribution in [0.2, 0.25) is 0 Å². The van der Waals surface area contributed by atoms with Gasteiger partial charge in [-0.15, -0.1) is 6.42 Å². The number of hydrogen-bond donors (Lipinski definition) is 1. The minimum absolute atomic E-state index is 0.0682. The van der Waals surface area contributed by atoms with Crippen LogP contribution in [-0.4, -0.2) is 18.7 Å². The lowest BCUT2D eigenvalue weighted by Crippen LogP contribution is -2.34. The number of ether oxygens (including phenoxy) is 1. The number of carbonyl (C=O) groups is 1. The average molecular weight is 319 g/mol. The van der Waals surface area contributed by atoms with Gasteiger partial charge in [0.2, 0.25) is 0 Å². The van der Waals surface area contributed by atoms with Crippen LogP contribution in [0.15, 0.2) is 48.5 Å². The summed E-state index contributed by atoms with van der Waals surface area (Å²) in [4.78, 5) is 12.0. The molecule has 3 rings (SSSR count). The zero-order valence-corrected chi connectivity index (χ0v) is 13.8. The summed E-state index contributed by atoms with van der Waals surface area (Å²) in [6.45, 7) is 2.34. The van der Waals surface area contributed by atoms with Gasteiger partial charge in [0.05, 0.1) is 6.04 Å².